The quantitative estimate of drug-likeness (QED) is 0.224. The van der Waals surface area contributed by atoms with Gasteiger partial charge in [0.2, 0.25) is 10.0 Å². The molecule has 3 aromatic rings. The molecule has 12 nitrogen and oxygen atoms in total. The lowest BCUT2D eigenvalue weighted by Gasteiger charge is -2.46. The molecule has 14 heteroatoms. The van der Waals surface area contributed by atoms with Gasteiger partial charge in [0.05, 0.1) is 47.9 Å². The van der Waals surface area contributed by atoms with Gasteiger partial charge in [-0.3, -0.25) is 19.3 Å². The monoisotopic (exact) mass is 833 g/mol. The van der Waals surface area contributed by atoms with Gasteiger partial charge in [0.1, 0.15) is 12.0 Å². The number of halogens is 1. The Morgan fingerprint density at radius 3 is 2.33 bits per heavy atom. The van der Waals surface area contributed by atoms with Crippen molar-refractivity contribution in [3.63, 3.8) is 0 Å². The number of fused-ring (bicyclic) bond motifs is 5. The minimum absolute atomic E-state index is 0.0315. The van der Waals surface area contributed by atoms with E-state index in [1.165, 1.54) is 11.1 Å². The summed E-state index contributed by atoms with van der Waals surface area (Å²) in [6.45, 7) is 4.65. The van der Waals surface area contributed by atoms with Crippen LogP contribution < -0.4 is 14.4 Å². The zero-order valence-electron chi connectivity index (χ0n) is 32.9. The Balaban J connectivity index is 0.000000267. The molecule has 3 aromatic carbocycles. The maximum absolute atomic E-state index is 13.3. The van der Waals surface area contributed by atoms with Crippen molar-refractivity contribution in [2.24, 2.45) is 23.7 Å². The summed E-state index contributed by atoms with van der Waals surface area (Å²) in [5.41, 5.74) is 4.01. The number of hydrogen-bond donors (Lipinski definition) is 3. The molecule has 310 valence electrons. The van der Waals surface area contributed by atoms with Crippen LogP contribution in [0.4, 0.5) is 5.69 Å². The Kier molecular flexibility index (Phi) is 12.4. The van der Waals surface area contributed by atoms with E-state index in [4.69, 9.17) is 26.6 Å². The summed E-state index contributed by atoms with van der Waals surface area (Å²) in [6.07, 6.45) is 8.43. The highest BCUT2D eigenvalue weighted by Crippen LogP contribution is 2.47. The van der Waals surface area contributed by atoms with Gasteiger partial charge in [0, 0.05) is 35.0 Å². The van der Waals surface area contributed by atoms with Crippen LogP contribution in [0.25, 0.3) is 0 Å². The number of imide groups is 1. The summed E-state index contributed by atoms with van der Waals surface area (Å²) in [7, 11) is -3.89. The summed E-state index contributed by atoms with van der Waals surface area (Å²) in [4.78, 5) is 52.6. The van der Waals surface area contributed by atoms with Crippen molar-refractivity contribution in [3.05, 3.63) is 93.5 Å². The summed E-state index contributed by atoms with van der Waals surface area (Å²) in [5, 5.41) is 18.0. The molecule has 2 bridgehead atoms. The number of carbonyl (C=O) groups is 4. The largest absolute Gasteiger partial charge is 0.490 e. The molecule has 58 heavy (non-hydrogen) atoms. The van der Waals surface area contributed by atoms with Crippen LogP contribution in [0.15, 0.2) is 60.7 Å². The van der Waals surface area contributed by atoms with Gasteiger partial charge >= 0.3 is 0 Å². The highest BCUT2D eigenvalue weighted by molar-refractivity contribution is 7.90. The average Bonchev–Trinajstić information content (AvgIpc) is 3.35. The lowest BCUT2D eigenvalue weighted by Crippen LogP contribution is -2.49. The van der Waals surface area contributed by atoms with Crippen LogP contribution in [-0.2, 0) is 26.7 Å². The maximum atomic E-state index is 13.3. The molecule has 1 saturated carbocycles. The maximum Gasteiger partial charge on any atom is 0.264 e. The van der Waals surface area contributed by atoms with Crippen LogP contribution in [0.5, 0.6) is 5.75 Å². The molecule has 0 saturated heterocycles. The van der Waals surface area contributed by atoms with Crippen LogP contribution in [0.3, 0.4) is 0 Å². The fourth-order valence-electron chi connectivity index (χ4n) is 9.56. The number of aliphatic hydroxyl groups is 2. The number of hydrogen-bond acceptors (Lipinski definition) is 10. The first-order valence-corrected chi connectivity index (χ1v) is 22.2. The number of nitrogens with zero attached hydrogens (tertiary/aromatic N) is 2. The lowest BCUT2D eigenvalue weighted by molar-refractivity contribution is -0.115. The van der Waals surface area contributed by atoms with E-state index >= 15 is 0 Å². The summed E-state index contributed by atoms with van der Waals surface area (Å²) >= 11 is 6.39. The van der Waals surface area contributed by atoms with E-state index in [0.29, 0.717) is 53.8 Å². The average molecular weight is 834 g/mol. The number of sulfonamides is 1. The molecule has 8 rings (SSSR count). The predicted molar refractivity (Wildman–Crippen MR) is 220 cm³/mol. The Morgan fingerprint density at radius 2 is 1.67 bits per heavy atom. The summed E-state index contributed by atoms with van der Waals surface area (Å²) < 4.78 is 35.3. The van der Waals surface area contributed by atoms with E-state index < -0.39 is 52.3 Å². The molecule has 3 amide bonds. The third-order valence-corrected chi connectivity index (χ3v) is 15.4. The van der Waals surface area contributed by atoms with Crippen molar-refractivity contribution < 1.29 is 42.5 Å². The molecule has 3 aliphatic heterocycles. The molecule has 2 aliphatic carbocycles. The highest BCUT2D eigenvalue weighted by Gasteiger charge is 2.45. The van der Waals surface area contributed by atoms with E-state index in [1.54, 1.807) is 49.4 Å². The van der Waals surface area contributed by atoms with Crippen LogP contribution in [0, 0.1) is 23.7 Å². The smallest absolute Gasteiger partial charge is 0.264 e. The number of nitrogens with one attached hydrogen (secondary N) is 1. The Bertz CT molecular complexity index is 2140. The SMILES string of the molecule is C[C@@H]1[C@@H](C)CCCC(C=O)[C@@H]2CC[C@H]2CN2C[C@@]3(CCCc4cc(Cl)ccc43)COc3ccc(cc32)C(=O)NS1(=O)=O.O=C1c2ccccc2C(=O)N1C(CO)CO. The molecule has 6 atom stereocenters. The topological polar surface area (TPSA) is 171 Å². The van der Waals surface area contributed by atoms with Gasteiger partial charge < -0.3 is 24.6 Å². The Morgan fingerprint density at radius 1 is 0.948 bits per heavy atom. The highest BCUT2D eigenvalue weighted by atomic mass is 35.5. The third-order valence-electron chi connectivity index (χ3n) is 13.3. The van der Waals surface area contributed by atoms with E-state index in [1.807, 2.05) is 13.0 Å². The normalized spacial score (nSPS) is 27.8. The minimum atomic E-state index is -3.89. The van der Waals surface area contributed by atoms with Crippen molar-refractivity contribution >= 4 is 51.3 Å². The lowest BCUT2D eigenvalue weighted by atomic mass is 9.65. The van der Waals surface area contributed by atoms with Crippen molar-refractivity contribution in [2.45, 2.75) is 81.9 Å². The predicted octanol–water partition coefficient (Wildman–Crippen LogP) is 5.56. The standard InChI is InChI=1S/C33H41ClN2O5S.C11H11NO4/c1-21-5-3-6-26(18-37)28-11-8-25(28)17-36-19-33(14-4-7-23-15-27(34)10-12-29(23)33)20-41-31-13-9-24(16-30(31)36)32(38)35-42(39,40)22(21)2;13-5-7(6-14)12-10(15)8-3-1-2-4-9(8)11(12)16/h9-10,12-13,15-16,18,21-22,25-26,28H,3-8,11,14,17,19-20H2,1-2H3,(H,35,38);1-4,7,13-14H,5-6H2/t21-,22+,25-,26?,28+,33-;/m0./s1. The molecule has 1 spiro atoms. The zero-order chi connectivity index (χ0) is 41.4. The van der Waals surface area contributed by atoms with E-state index in [0.717, 1.165) is 73.4 Å². The first-order valence-electron chi connectivity index (χ1n) is 20.3. The van der Waals surface area contributed by atoms with Crippen molar-refractivity contribution in [1.82, 2.24) is 9.62 Å². The molecule has 5 aliphatic rings. The van der Waals surface area contributed by atoms with Gasteiger partial charge in [-0.15, -0.1) is 0 Å². The number of benzene rings is 3. The van der Waals surface area contributed by atoms with E-state index in [2.05, 4.69) is 21.8 Å². The van der Waals surface area contributed by atoms with E-state index in [9.17, 15) is 27.6 Å². The molecular weight excluding hydrogens is 782 g/mol. The molecule has 0 aromatic heterocycles. The first kappa shape index (κ1) is 41.8. The summed E-state index contributed by atoms with van der Waals surface area (Å²) in [6, 6.07) is 17.0. The fourth-order valence-corrected chi connectivity index (χ4v) is 11.1. The van der Waals surface area contributed by atoms with Gasteiger partial charge in [-0.2, -0.15) is 0 Å². The van der Waals surface area contributed by atoms with Gasteiger partial charge in [-0.05, 0) is 123 Å². The molecule has 1 fully saturated rings. The molecule has 3 heterocycles. The van der Waals surface area contributed by atoms with Crippen molar-refractivity contribution in [1.29, 1.82) is 0 Å². The molecule has 1 unspecified atom stereocenters. The van der Waals surface area contributed by atoms with Gasteiger partial charge in [-0.1, -0.05) is 43.1 Å². The number of aliphatic hydroxyl groups excluding tert-OH is 2. The third kappa shape index (κ3) is 8.02. The number of amides is 3. The fraction of sp³-hybridized carbons (Fsp3) is 0.500. The second kappa shape index (κ2) is 17.1. The molecule has 3 N–H and O–H groups in total. The van der Waals surface area contributed by atoms with Gasteiger partial charge in [0.15, 0.2) is 0 Å². The van der Waals surface area contributed by atoms with Crippen molar-refractivity contribution in [3.8, 4) is 5.75 Å². The number of anilines is 1. The second-order valence-electron chi connectivity index (χ2n) is 16.7. The Labute approximate surface area is 344 Å². The minimum Gasteiger partial charge on any atom is -0.490 e. The van der Waals surface area contributed by atoms with Crippen LogP contribution in [0.1, 0.15) is 101 Å². The van der Waals surface area contributed by atoms with Gasteiger partial charge in [-0.25, -0.2) is 13.1 Å². The van der Waals surface area contributed by atoms with Crippen molar-refractivity contribution in [2.75, 3.05) is 37.8 Å². The Hall–Kier alpha value is -4.30. The van der Waals surface area contributed by atoms with Crippen LogP contribution in [-0.4, -0.2) is 91.7 Å². The summed E-state index contributed by atoms with van der Waals surface area (Å²) in [5.74, 6) is -0.370. The number of aldehydes is 1. The first-order chi connectivity index (χ1) is 27.8. The van der Waals surface area contributed by atoms with E-state index in [-0.39, 0.29) is 17.3 Å². The zero-order valence-corrected chi connectivity index (χ0v) is 34.5. The molecule has 0 radical (unpaired) electrons. The van der Waals surface area contributed by atoms with Crippen LogP contribution >= 0.6 is 11.6 Å². The van der Waals surface area contributed by atoms with Gasteiger partial charge in [0.25, 0.3) is 17.7 Å². The van der Waals surface area contributed by atoms with Crippen LogP contribution in [0.2, 0.25) is 5.02 Å². The number of carbonyl (C=O) groups excluding carboxylic acids is 4. The number of aryl methyl sites for hydroxylation is 1. The molecular formula is C44H52ClN3O9S. The number of ether oxygens (including phenoxy) is 1. The number of rotatable bonds is 4. The second-order valence-corrected chi connectivity index (χ2v) is 19.2.